The van der Waals surface area contributed by atoms with Crippen molar-refractivity contribution in [1.29, 1.82) is 0 Å². The van der Waals surface area contributed by atoms with Crippen LogP contribution in [0.2, 0.25) is 0 Å². The summed E-state index contributed by atoms with van der Waals surface area (Å²) in [5.41, 5.74) is 0. The molecule has 0 aromatic heterocycles. The zero-order valence-corrected chi connectivity index (χ0v) is 9.04. The van der Waals surface area contributed by atoms with Gasteiger partial charge >= 0.3 is 5.97 Å². The van der Waals surface area contributed by atoms with Gasteiger partial charge in [0.1, 0.15) is 0 Å². The fraction of sp³-hybridized carbons (Fsp3) is 0.727. The van der Waals surface area contributed by atoms with Crippen molar-refractivity contribution in [2.75, 3.05) is 0 Å². The number of esters is 1. The fourth-order valence-electron chi connectivity index (χ4n) is 1.09. The Morgan fingerprint density at radius 1 is 1.38 bits per heavy atom. The summed E-state index contributed by atoms with van der Waals surface area (Å²) >= 11 is 0. The molecule has 0 heterocycles. The van der Waals surface area contributed by atoms with Crippen LogP contribution in [0.3, 0.4) is 0 Å². The Bertz CT molecular complexity index is 173. The van der Waals surface area contributed by atoms with Crippen LogP contribution in [0.1, 0.15) is 34.1 Å². The van der Waals surface area contributed by atoms with Crippen molar-refractivity contribution in [3.05, 3.63) is 12.7 Å². The molecule has 0 saturated heterocycles. The maximum atomic E-state index is 10.8. The molecule has 0 aliphatic carbocycles. The van der Waals surface area contributed by atoms with Crippen LogP contribution in [-0.4, -0.2) is 12.1 Å². The van der Waals surface area contributed by atoms with Gasteiger partial charge < -0.3 is 4.74 Å². The highest BCUT2D eigenvalue weighted by atomic mass is 16.5. The van der Waals surface area contributed by atoms with Crippen molar-refractivity contribution in [3.8, 4) is 0 Å². The minimum atomic E-state index is -0.330. The molecule has 2 heteroatoms. The third-order valence-electron chi connectivity index (χ3n) is 2.33. The molecule has 0 N–H and O–H groups in total. The Balaban J connectivity index is 3.79. The van der Waals surface area contributed by atoms with Gasteiger partial charge in [-0.05, 0) is 25.2 Å². The molecule has 0 radical (unpaired) electrons. The van der Waals surface area contributed by atoms with Gasteiger partial charge in [0.05, 0.1) is 6.10 Å². The third-order valence-corrected chi connectivity index (χ3v) is 2.33. The van der Waals surface area contributed by atoms with Crippen LogP contribution in [0, 0.1) is 11.8 Å². The Kier molecular flexibility index (Phi) is 5.44. The molecule has 0 saturated carbocycles. The molecule has 0 fully saturated rings. The van der Waals surface area contributed by atoms with E-state index in [-0.39, 0.29) is 12.1 Å². The standard InChI is InChI=1S/C11H20O2/c1-6-11(12)13-10(5)7-9(4)8(2)3/h6,8-10H,1,7H2,2-5H3. The maximum Gasteiger partial charge on any atom is 0.330 e. The molecule has 13 heavy (non-hydrogen) atoms. The summed E-state index contributed by atoms with van der Waals surface area (Å²) in [6, 6.07) is 0. The van der Waals surface area contributed by atoms with E-state index in [1.807, 2.05) is 6.92 Å². The summed E-state index contributed by atoms with van der Waals surface area (Å²) in [7, 11) is 0. The zero-order valence-electron chi connectivity index (χ0n) is 9.04. The average molecular weight is 184 g/mol. The highest BCUT2D eigenvalue weighted by Crippen LogP contribution is 2.17. The van der Waals surface area contributed by atoms with E-state index in [9.17, 15) is 4.79 Å². The largest absolute Gasteiger partial charge is 0.460 e. The fourth-order valence-corrected chi connectivity index (χ4v) is 1.09. The third kappa shape index (κ3) is 5.45. The van der Waals surface area contributed by atoms with Crippen LogP contribution in [0.4, 0.5) is 0 Å². The molecular weight excluding hydrogens is 164 g/mol. The Labute approximate surface area is 81.0 Å². The molecule has 2 nitrogen and oxygen atoms in total. The van der Waals surface area contributed by atoms with Gasteiger partial charge in [-0.3, -0.25) is 0 Å². The Hall–Kier alpha value is -0.790. The molecule has 2 unspecified atom stereocenters. The van der Waals surface area contributed by atoms with Crippen LogP contribution in [0.25, 0.3) is 0 Å². The predicted octanol–water partition coefficient (Wildman–Crippen LogP) is 2.79. The van der Waals surface area contributed by atoms with Crippen molar-refractivity contribution in [2.45, 2.75) is 40.2 Å². The lowest BCUT2D eigenvalue weighted by Gasteiger charge is -2.19. The first-order valence-corrected chi connectivity index (χ1v) is 4.80. The average Bonchev–Trinajstić information content (AvgIpc) is 2.03. The molecule has 0 aliphatic heterocycles. The minimum Gasteiger partial charge on any atom is -0.460 e. The van der Waals surface area contributed by atoms with E-state index >= 15 is 0 Å². The number of hydrogen-bond donors (Lipinski definition) is 0. The lowest BCUT2D eigenvalue weighted by Crippen LogP contribution is -2.18. The maximum absolute atomic E-state index is 10.8. The quantitative estimate of drug-likeness (QED) is 0.485. The summed E-state index contributed by atoms with van der Waals surface area (Å²) in [5, 5.41) is 0. The van der Waals surface area contributed by atoms with E-state index in [0.717, 1.165) is 6.42 Å². The smallest absolute Gasteiger partial charge is 0.330 e. The van der Waals surface area contributed by atoms with Crippen LogP contribution in [-0.2, 0) is 9.53 Å². The minimum absolute atomic E-state index is 0.0112. The van der Waals surface area contributed by atoms with Gasteiger partial charge in [0.2, 0.25) is 0 Å². The second-order valence-electron chi connectivity index (χ2n) is 3.91. The number of ether oxygens (including phenoxy) is 1. The summed E-state index contributed by atoms with van der Waals surface area (Å²) in [6.07, 6.45) is 2.11. The molecule has 0 bridgehead atoms. The van der Waals surface area contributed by atoms with Gasteiger partial charge in [-0.25, -0.2) is 4.79 Å². The molecule has 2 atom stereocenters. The van der Waals surface area contributed by atoms with E-state index in [1.54, 1.807) is 0 Å². The van der Waals surface area contributed by atoms with Crippen molar-refractivity contribution in [3.63, 3.8) is 0 Å². The molecule has 76 valence electrons. The Morgan fingerprint density at radius 2 is 1.92 bits per heavy atom. The normalized spacial score (nSPS) is 15.2. The van der Waals surface area contributed by atoms with E-state index in [2.05, 4.69) is 27.4 Å². The van der Waals surface area contributed by atoms with E-state index in [0.29, 0.717) is 11.8 Å². The monoisotopic (exact) mass is 184 g/mol. The summed E-state index contributed by atoms with van der Waals surface area (Å²) < 4.78 is 5.06. The number of hydrogen-bond acceptors (Lipinski definition) is 2. The van der Waals surface area contributed by atoms with Gasteiger partial charge in [-0.2, -0.15) is 0 Å². The molecule has 0 aliphatic rings. The molecule has 0 aromatic rings. The second-order valence-corrected chi connectivity index (χ2v) is 3.91. The lowest BCUT2D eigenvalue weighted by molar-refractivity contribution is -0.142. The molecule has 0 spiro atoms. The van der Waals surface area contributed by atoms with Gasteiger partial charge in [-0.1, -0.05) is 27.4 Å². The van der Waals surface area contributed by atoms with Crippen molar-refractivity contribution in [2.24, 2.45) is 11.8 Å². The number of carbonyl (C=O) groups excluding carboxylic acids is 1. The summed E-state index contributed by atoms with van der Waals surface area (Å²) in [6.45, 7) is 11.8. The van der Waals surface area contributed by atoms with Crippen LogP contribution < -0.4 is 0 Å². The Morgan fingerprint density at radius 3 is 2.31 bits per heavy atom. The van der Waals surface area contributed by atoms with Gasteiger partial charge in [0, 0.05) is 6.08 Å². The van der Waals surface area contributed by atoms with Gasteiger partial charge in [-0.15, -0.1) is 0 Å². The second kappa shape index (κ2) is 5.79. The lowest BCUT2D eigenvalue weighted by atomic mass is 9.92. The topological polar surface area (TPSA) is 26.3 Å². The van der Waals surface area contributed by atoms with Crippen LogP contribution in [0.15, 0.2) is 12.7 Å². The zero-order chi connectivity index (χ0) is 10.4. The van der Waals surface area contributed by atoms with E-state index in [4.69, 9.17) is 4.74 Å². The first-order chi connectivity index (χ1) is 5.97. The van der Waals surface area contributed by atoms with Crippen molar-refractivity contribution >= 4 is 5.97 Å². The van der Waals surface area contributed by atoms with Crippen molar-refractivity contribution < 1.29 is 9.53 Å². The van der Waals surface area contributed by atoms with Crippen LogP contribution in [0.5, 0.6) is 0 Å². The molecule has 0 amide bonds. The molecular formula is C11H20O2. The van der Waals surface area contributed by atoms with Crippen LogP contribution >= 0.6 is 0 Å². The summed E-state index contributed by atoms with van der Waals surface area (Å²) in [4.78, 5) is 10.8. The molecule has 0 aromatic carbocycles. The first-order valence-electron chi connectivity index (χ1n) is 4.80. The number of carbonyl (C=O) groups is 1. The van der Waals surface area contributed by atoms with Gasteiger partial charge in [0.15, 0.2) is 0 Å². The van der Waals surface area contributed by atoms with Crippen molar-refractivity contribution in [1.82, 2.24) is 0 Å². The highest BCUT2D eigenvalue weighted by molar-refractivity contribution is 5.81. The first kappa shape index (κ1) is 12.2. The predicted molar refractivity (Wildman–Crippen MR) is 54.4 cm³/mol. The SMILES string of the molecule is C=CC(=O)OC(C)CC(C)C(C)C. The van der Waals surface area contributed by atoms with E-state index < -0.39 is 0 Å². The molecule has 0 rings (SSSR count). The summed E-state index contributed by atoms with van der Waals surface area (Å²) in [5.74, 6) is 0.876. The van der Waals surface area contributed by atoms with Gasteiger partial charge in [0.25, 0.3) is 0 Å². The number of rotatable bonds is 5. The highest BCUT2D eigenvalue weighted by Gasteiger charge is 2.13. The van der Waals surface area contributed by atoms with E-state index in [1.165, 1.54) is 6.08 Å².